The number of pyridine rings is 1. The fraction of sp³-hybridized carbons (Fsp3) is 0.156. The van der Waals surface area contributed by atoms with E-state index in [1.54, 1.807) is 5.56 Å². The van der Waals surface area contributed by atoms with Gasteiger partial charge in [0.2, 0.25) is 0 Å². The molecule has 0 N–H and O–H groups in total. The van der Waals surface area contributed by atoms with E-state index < -0.39 is 0 Å². The molecule has 0 radical (unpaired) electrons. The largest absolute Gasteiger partial charge is 0.313 e. The number of hydrogen-bond acceptors (Lipinski definition) is 1. The van der Waals surface area contributed by atoms with Gasteiger partial charge in [-0.2, -0.15) is 0 Å². The van der Waals surface area contributed by atoms with Crippen molar-refractivity contribution >= 4 is 16.6 Å². The fourth-order valence-corrected chi connectivity index (χ4v) is 5.83. The van der Waals surface area contributed by atoms with Gasteiger partial charge in [-0.1, -0.05) is 73.2 Å². The van der Waals surface area contributed by atoms with E-state index in [0.29, 0.717) is 0 Å². The average molecular weight is 454 g/mol. The zero-order valence-corrected chi connectivity index (χ0v) is 19.7. The van der Waals surface area contributed by atoms with Crippen LogP contribution in [0.2, 0.25) is 0 Å². The molecular weight excluding hydrogens is 426 g/mol. The average Bonchev–Trinajstić information content (AvgIpc) is 3.35. The molecular formula is C32H27N3. The zero-order valence-electron chi connectivity index (χ0n) is 19.7. The molecule has 0 atom stereocenters. The number of benzene rings is 3. The molecule has 0 aliphatic heterocycles. The number of aromatic nitrogens is 3. The Labute approximate surface area is 205 Å². The third-order valence-corrected chi connectivity index (χ3v) is 7.38. The standard InChI is InChI=1S/C32H27N3/c1-3-12-23(13-4-1)31-32(34-21-10-9-20-30(34)33-31)24-14-11-15-25(22-24)35-28-18-6-2-5-16-26(28)27-17-7-8-19-29(27)35/h1,3-4,7-15,17,19-22H,2,5-6,16,18H2. The summed E-state index contributed by atoms with van der Waals surface area (Å²) in [6, 6.07) is 34.7. The van der Waals surface area contributed by atoms with Crippen LogP contribution in [0.25, 0.3) is 44.8 Å². The highest BCUT2D eigenvalue weighted by atomic mass is 15.0. The van der Waals surface area contributed by atoms with Crippen molar-refractivity contribution in [3.05, 3.63) is 115 Å². The van der Waals surface area contributed by atoms with Crippen molar-refractivity contribution in [3.8, 4) is 28.2 Å². The quantitative estimate of drug-likeness (QED) is 0.250. The van der Waals surface area contributed by atoms with E-state index in [0.717, 1.165) is 29.0 Å². The van der Waals surface area contributed by atoms with Gasteiger partial charge < -0.3 is 4.57 Å². The third kappa shape index (κ3) is 3.30. The van der Waals surface area contributed by atoms with Gasteiger partial charge >= 0.3 is 0 Å². The van der Waals surface area contributed by atoms with Crippen molar-refractivity contribution < 1.29 is 0 Å². The van der Waals surface area contributed by atoms with Gasteiger partial charge in [0, 0.05) is 34.1 Å². The van der Waals surface area contributed by atoms with Crippen molar-refractivity contribution in [2.75, 3.05) is 0 Å². The maximum atomic E-state index is 5.04. The van der Waals surface area contributed by atoms with Crippen LogP contribution in [0.3, 0.4) is 0 Å². The number of fused-ring (bicyclic) bond motifs is 4. The smallest absolute Gasteiger partial charge is 0.137 e. The number of aryl methyl sites for hydroxylation is 1. The van der Waals surface area contributed by atoms with E-state index in [9.17, 15) is 0 Å². The fourth-order valence-electron chi connectivity index (χ4n) is 5.83. The minimum absolute atomic E-state index is 0.965. The first kappa shape index (κ1) is 20.3. The van der Waals surface area contributed by atoms with Crippen LogP contribution in [0.4, 0.5) is 0 Å². The van der Waals surface area contributed by atoms with E-state index >= 15 is 0 Å². The second kappa shape index (κ2) is 8.28. The monoisotopic (exact) mass is 453 g/mol. The zero-order chi connectivity index (χ0) is 23.2. The van der Waals surface area contributed by atoms with Crippen molar-refractivity contribution in [1.29, 1.82) is 0 Å². The summed E-state index contributed by atoms with van der Waals surface area (Å²) in [7, 11) is 0. The lowest BCUT2D eigenvalue weighted by Gasteiger charge is -2.14. The summed E-state index contributed by atoms with van der Waals surface area (Å²) in [5.41, 5.74) is 11.0. The Morgan fingerprint density at radius 1 is 0.657 bits per heavy atom. The molecule has 3 heteroatoms. The lowest BCUT2D eigenvalue weighted by Crippen LogP contribution is -2.02. The molecule has 35 heavy (non-hydrogen) atoms. The van der Waals surface area contributed by atoms with Crippen LogP contribution in [0.1, 0.15) is 30.5 Å². The van der Waals surface area contributed by atoms with Gasteiger partial charge in [-0.3, -0.25) is 4.40 Å². The molecule has 3 aromatic carbocycles. The van der Waals surface area contributed by atoms with E-state index in [-0.39, 0.29) is 0 Å². The number of hydrogen-bond donors (Lipinski definition) is 0. The van der Waals surface area contributed by atoms with E-state index in [4.69, 9.17) is 4.98 Å². The summed E-state index contributed by atoms with van der Waals surface area (Å²) in [5.74, 6) is 0. The van der Waals surface area contributed by atoms with Crippen LogP contribution >= 0.6 is 0 Å². The summed E-state index contributed by atoms with van der Waals surface area (Å²) in [4.78, 5) is 5.04. The number of rotatable bonds is 3. The van der Waals surface area contributed by atoms with Crippen LogP contribution in [-0.4, -0.2) is 14.0 Å². The normalized spacial score (nSPS) is 13.7. The molecule has 1 aliphatic carbocycles. The third-order valence-electron chi connectivity index (χ3n) is 7.38. The van der Waals surface area contributed by atoms with Crippen molar-refractivity contribution in [2.24, 2.45) is 0 Å². The molecule has 0 fully saturated rings. The molecule has 0 bridgehead atoms. The minimum Gasteiger partial charge on any atom is -0.313 e. The van der Waals surface area contributed by atoms with Crippen LogP contribution < -0.4 is 0 Å². The number of imidazole rings is 1. The summed E-state index contributed by atoms with van der Waals surface area (Å²) in [6.45, 7) is 0. The first-order valence-corrected chi connectivity index (χ1v) is 12.6. The summed E-state index contributed by atoms with van der Waals surface area (Å²) >= 11 is 0. The summed E-state index contributed by atoms with van der Waals surface area (Å²) < 4.78 is 4.74. The van der Waals surface area contributed by atoms with Crippen LogP contribution in [-0.2, 0) is 12.8 Å². The second-order valence-electron chi connectivity index (χ2n) is 9.49. The topological polar surface area (TPSA) is 22.2 Å². The molecule has 1 aliphatic rings. The highest BCUT2D eigenvalue weighted by Crippen LogP contribution is 2.37. The second-order valence-corrected chi connectivity index (χ2v) is 9.49. The van der Waals surface area contributed by atoms with Crippen molar-refractivity contribution in [1.82, 2.24) is 14.0 Å². The van der Waals surface area contributed by atoms with Gasteiger partial charge in [0.25, 0.3) is 0 Å². The molecule has 0 spiro atoms. The van der Waals surface area contributed by atoms with Crippen LogP contribution in [0, 0.1) is 0 Å². The van der Waals surface area contributed by atoms with Crippen LogP contribution in [0.5, 0.6) is 0 Å². The Morgan fingerprint density at radius 3 is 2.40 bits per heavy atom. The van der Waals surface area contributed by atoms with Gasteiger partial charge in [0.1, 0.15) is 5.65 Å². The molecule has 170 valence electrons. The molecule has 0 unspecified atom stereocenters. The molecule has 0 amide bonds. The van der Waals surface area contributed by atoms with Gasteiger partial charge in [-0.25, -0.2) is 4.98 Å². The van der Waals surface area contributed by atoms with E-state index in [1.807, 2.05) is 0 Å². The maximum absolute atomic E-state index is 5.04. The van der Waals surface area contributed by atoms with E-state index in [1.165, 1.54) is 53.5 Å². The Morgan fingerprint density at radius 2 is 1.46 bits per heavy atom. The molecule has 7 rings (SSSR count). The SMILES string of the molecule is c1ccc(-c2nc3ccccn3c2-c2cccc(-n3c4c(c5ccccc53)CCCCC4)c2)cc1. The molecule has 3 nitrogen and oxygen atoms in total. The predicted octanol–water partition coefficient (Wildman–Crippen LogP) is 7.88. The lowest BCUT2D eigenvalue weighted by molar-refractivity contribution is 0.704. The molecule has 0 saturated heterocycles. The highest BCUT2D eigenvalue weighted by molar-refractivity contribution is 5.88. The molecule has 0 saturated carbocycles. The first-order chi connectivity index (χ1) is 17.4. The lowest BCUT2D eigenvalue weighted by atomic mass is 10.0. The molecule has 3 heterocycles. The minimum atomic E-state index is 0.965. The number of para-hydroxylation sites is 1. The van der Waals surface area contributed by atoms with Crippen LogP contribution in [0.15, 0.2) is 103 Å². The van der Waals surface area contributed by atoms with Crippen molar-refractivity contribution in [3.63, 3.8) is 0 Å². The van der Waals surface area contributed by atoms with Gasteiger partial charge in [0.15, 0.2) is 0 Å². The first-order valence-electron chi connectivity index (χ1n) is 12.6. The highest BCUT2D eigenvalue weighted by Gasteiger charge is 2.21. The van der Waals surface area contributed by atoms with E-state index in [2.05, 4.69) is 112 Å². The summed E-state index contributed by atoms with van der Waals surface area (Å²) in [6.07, 6.45) is 8.28. The maximum Gasteiger partial charge on any atom is 0.137 e. The van der Waals surface area contributed by atoms with Crippen molar-refractivity contribution in [2.45, 2.75) is 32.1 Å². The Hall–Kier alpha value is -4.11. The van der Waals surface area contributed by atoms with Gasteiger partial charge in [0.05, 0.1) is 16.9 Å². The van der Waals surface area contributed by atoms with Gasteiger partial charge in [-0.05, 0) is 61.6 Å². The Bertz CT molecular complexity index is 1670. The Balaban J connectivity index is 1.48. The number of nitrogens with zero attached hydrogens (tertiary/aromatic N) is 3. The molecule has 6 aromatic rings. The van der Waals surface area contributed by atoms with Gasteiger partial charge in [-0.15, -0.1) is 0 Å². The predicted molar refractivity (Wildman–Crippen MR) is 144 cm³/mol. The molecule has 3 aromatic heterocycles. The Kier molecular flexibility index (Phi) is 4.80. The summed E-state index contributed by atoms with van der Waals surface area (Å²) in [5, 5.41) is 1.41.